The fourth-order valence-electron chi connectivity index (χ4n) is 4.23. The van der Waals surface area contributed by atoms with Crippen LogP contribution in [0.2, 0.25) is 0 Å². The average molecular weight is 483 g/mol. The number of amides is 1. The van der Waals surface area contributed by atoms with E-state index in [1.54, 1.807) is 18.7 Å². The molecule has 1 saturated heterocycles. The van der Waals surface area contributed by atoms with Crippen LogP contribution in [-0.2, 0) is 25.5 Å². The molecule has 0 saturated carbocycles. The van der Waals surface area contributed by atoms with Gasteiger partial charge in [-0.1, -0.05) is 24.3 Å². The van der Waals surface area contributed by atoms with Crippen molar-refractivity contribution in [3.05, 3.63) is 58.2 Å². The molecule has 1 unspecified atom stereocenters. The Bertz CT molecular complexity index is 1070. The number of nitriles is 1. The highest BCUT2D eigenvalue weighted by molar-refractivity contribution is 5.92. The third-order valence-corrected chi connectivity index (χ3v) is 5.82. The predicted molar refractivity (Wildman–Crippen MR) is 130 cm³/mol. The van der Waals surface area contributed by atoms with Gasteiger partial charge in [-0.15, -0.1) is 0 Å². The lowest BCUT2D eigenvalue weighted by Gasteiger charge is -2.35. The van der Waals surface area contributed by atoms with E-state index >= 15 is 0 Å². The number of carbonyl (C=O) groups excluding carboxylic acids is 2. The molecule has 9 nitrogen and oxygen atoms in total. The van der Waals surface area contributed by atoms with Crippen molar-refractivity contribution in [2.24, 2.45) is 5.73 Å². The van der Waals surface area contributed by atoms with Gasteiger partial charge in [0.2, 0.25) is 5.88 Å². The van der Waals surface area contributed by atoms with Crippen LogP contribution in [-0.4, -0.2) is 60.2 Å². The number of allylic oxidation sites excluding steroid dienone is 2. The van der Waals surface area contributed by atoms with Crippen LogP contribution in [0.1, 0.15) is 51.7 Å². The number of carbonyl (C=O) groups is 2. The number of rotatable bonds is 5. The molecule has 1 aromatic carbocycles. The van der Waals surface area contributed by atoms with Crippen LogP contribution in [0.3, 0.4) is 0 Å². The molecule has 0 aromatic heterocycles. The van der Waals surface area contributed by atoms with E-state index < -0.39 is 17.5 Å². The minimum atomic E-state index is -0.670. The zero-order valence-corrected chi connectivity index (χ0v) is 21.1. The highest BCUT2D eigenvalue weighted by Crippen LogP contribution is 2.39. The summed E-state index contributed by atoms with van der Waals surface area (Å²) in [6, 6.07) is 9.87. The van der Waals surface area contributed by atoms with Crippen molar-refractivity contribution in [2.45, 2.75) is 52.7 Å². The molecule has 1 atom stereocenters. The monoisotopic (exact) mass is 482 g/mol. The lowest BCUT2D eigenvalue weighted by atomic mass is 9.82. The van der Waals surface area contributed by atoms with E-state index in [9.17, 15) is 14.9 Å². The predicted octanol–water partition coefficient (Wildman–Crippen LogP) is 3.38. The standard InChI is InChI=1S/C26H34N4O5/c1-6-33-24(31)21-17(2)34-23(28)20(15-27)22(21)19-9-7-8-18(14-19)16-29-10-12-30(13-11-29)25(32)35-26(3,4)5/h7-9,14,22H,6,10-13,16,28H2,1-5H3. The number of ether oxygens (including phenoxy) is 3. The van der Waals surface area contributed by atoms with Crippen LogP contribution >= 0.6 is 0 Å². The molecule has 2 aliphatic heterocycles. The second-order valence-electron chi connectivity index (χ2n) is 9.60. The fourth-order valence-corrected chi connectivity index (χ4v) is 4.23. The summed E-state index contributed by atoms with van der Waals surface area (Å²) < 4.78 is 16.2. The summed E-state index contributed by atoms with van der Waals surface area (Å²) in [7, 11) is 0. The van der Waals surface area contributed by atoms with E-state index in [2.05, 4.69) is 11.0 Å². The van der Waals surface area contributed by atoms with E-state index in [1.165, 1.54) is 0 Å². The normalized spacial score (nSPS) is 19.2. The van der Waals surface area contributed by atoms with Crippen LogP contribution in [0, 0.1) is 11.3 Å². The Morgan fingerprint density at radius 1 is 1.23 bits per heavy atom. The Labute approximate surface area is 206 Å². The maximum Gasteiger partial charge on any atom is 0.410 e. The first-order valence-corrected chi connectivity index (χ1v) is 11.8. The second kappa shape index (κ2) is 10.8. The lowest BCUT2D eigenvalue weighted by molar-refractivity contribution is -0.139. The Morgan fingerprint density at radius 2 is 1.91 bits per heavy atom. The Hall–Kier alpha value is -3.51. The second-order valence-corrected chi connectivity index (χ2v) is 9.60. The number of nitrogens with zero attached hydrogens (tertiary/aromatic N) is 3. The molecule has 3 rings (SSSR count). The van der Waals surface area contributed by atoms with Gasteiger partial charge in [0.1, 0.15) is 23.0 Å². The number of piperazine rings is 1. The van der Waals surface area contributed by atoms with Gasteiger partial charge in [-0.25, -0.2) is 9.59 Å². The van der Waals surface area contributed by atoms with Gasteiger partial charge >= 0.3 is 12.1 Å². The van der Waals surface area contributed by atoms with Crippen molar-refractivity contribution in [3.8, 4) is 6.07 Å². The molecule has 0 aliphatic carbocycles. The third kappa shape index (κ3) is 6.34. The van der Waals surface area contributed by atoms with Gasteiger partial charge in [-0.05, 0) is 45.7 Å². The topological polar surface area (TPSA) is 118 Å². The highest BCUT2D eigenvalue weighted by Gasteiger charge is 2.36. The Balaban J connectivity index is 1.77. The smallest absolute Gasteiger partial charge is 0.410 e. The molecule has 2 N–H and O–H groups in total. The molecular formula is C26H34N4O5. The molecular weight excluding hydrogens is 448 g/mol. The van der Waals surface area contributed by atoms with Crippen LogP contribution in [0.4, 0.5) is 4.79 Å². The number of hydrogen-bond acceptors (Lipinski definition) is 8. The first kappa shape index (κ1) is 26.1. The summed E-state index contributed by atoms with van der Waals surface area (Å²) in [6.45, 7) is 12.4. The molecule has 1 fully saturated rings. The summed E-state index contributed by atoms with van der Waals surface area (Å²) in [5.41, 5.74) is 7.73. The fraction of sp³-hybridized carbons (Fsp3) is 0.500. The third-order valence-electron chi connectivity index (χ3n) is 5.82. The zero-order chi connectivity index (χ0) is 25.8. The number of benzene rings is 1. The maximum absolute atomic E-state index is 12.8. The Morgan fingerprint density at radius 3 is 2.51 bits per heavy atom. The van der Waals surface area contributed by atoms with Crippen molar-refractivity contribution in [1.82, 2.24) is 9.80 Å². The molecule has 2 heterocycles. The number of esters is 1. The molecule has 2 aliphatic rings. The van der Waals surface area contributed by atoms with Gasteiger partial charge in [0.05, 0.1) is 18.1 Å². The van der Waals surface area contributed by atoms with Crippen molar-refractivity contribution >= 4 is 12.1 Å². The largest absolute Gasteiger partial charge is 0.463 e. The van der Waals surface area contributed by atoms with Crippen LogP contribution in [0.15, 0.2) is 47.1 Å². The van der Waals surface area contributed by atoms with Crippen molar-refractivity contribution < 1.29 is 23.8 Å². The number of nitrogens with two attached hydrogens (primary N) is 1. The summed E-state index contributed by atoms with van der Waals surface area (Å²) in [6.07, 6.45) is -0.291. The highest BCUT2D eigenvalue weighted by atomic mass is 16.6. The van der Waals surface area contributed by atoms with Crippen molar-refractivity contribution in [2.75, 3.05) is 32.8 Å². The molecule has 1 aromatic rings. The van der Waals surface area contributed by atoms with Gasteiger partial charge in [0.15, 0.2) is 0 Å². The van der Waals surface area contributed by atoms with E-state index in [0.29, 0.717) is 38.5 Å². The zero-order valence-electron chi connectivity index (χ0n) is 21.1. The van der Waals surface area contributed by atoms with Gasteiger partial charge in [-0.2, -0.15) is 5.26 Å². The summed E-state index contributed by atoms with van der Waals surface area (Å²) in [5, 5.41) is 9.79. The minimum Gasteiger partial charge on any atom is -0.463 e. The Kier molecular flexibility index (Phi) is 8.07. The quantitative estimate of drug-likeness (QED) is 0.635. The van der Waals surface area contributed by atoms with Gasteiger partial charge in [0.25, 0.3) is 0 Å². The first-order chi connectivity index (χ1) is 16.5. The van der Waals surface area contributed by atoms with E-state index in [4.69, 9.17) is 19.9 Å². The average Bonchev–Trinajstić information content (AvgIpc) is 2.78. The van der Waals surface area contributed by atoms with Crippen LogP contribution in [0.25, 0.3) is 0 Å². The molecule has 0 radical (unpaired) electrons. The molecule has 188 valence electrons. The summed E-state index contributed by atoms with van der Waals surface area (Å²) >= 11 is 0. The molecule has 0 bridgehead atoms. The molecule has 0 spiro atoms. The summed E-state index contributed by atoms with van der Waals surface area (Å²) in [4.78, 5) is 29.1. The van der Waals surface area contributed by atoms with E-state index in [1.807, 2.05) is 45.0 Å². The van der Waals surface area contributed by atoms with Gasteiger partial charge < -0.3 is 24.8 Å². The minimum absolute atomic E-state index is 0.00767. The lowest BCUT2D eigenvalue weighted by Crippen LogP contribution is -2.49. The van der Waals surface area contributed by atoms with Gasteiger partial charge in [-0.3, -0.25) is 4.90 Å². The maximum atomic E-state index is 12.8. The van der Waals surface area contributed by atoms with E-state index in [-0.39, 0.29) is 29.7 Å². The van der Waals surface area contributed by atoms with Crippen LogP contribution in [0.5, 0.6) is 0 Å². The molecule has 1 amide bonds. The van der Waals surface area contributed by atoms with Crippen LogP contribution < -0.4 is 5.73 Å². The molecule has 35 heavy (non-hydrogen) atoms. The van der Waals surface area contributed by atoms with Crippen molar-refractivity contribution in [1.29, 1.82) is 5.26 Å². The molecule has 9 heteroatoms. The SMILES string of the molecule is CCOC(=O)C1=C(C)OC(N)=C(C#N)C1c1cccc(CN2CCN(C(=O)OC(C)(C)C)CC2)c1. The van der Waals surface area contributed by atoms with Crippen molar-refractivity contribution in [3.63, 3.8) is 0 Å². The van der Waals surface area contributed by atoms with E-state index in [0.717, 1.165) is 11.1 Å². The first-order valence-electron chi connectivity index (χ1n) is 11.8. The summed E-state index contributed by atoms with van der Waals surface area (Å²) in [5.74, 6) is -0.879. The number of hydrogen-bond donors (Lipinski definition) is 1. The van der Waals surface area contributed by atoms with Gasteiger partial charge in [0, 0.05) is 32.7 Å².